The van der Waals surface area contributed by atoms with Crippen LogP contribution in [0.15, 0.2) is 0 Å². The van der Waals surface area contributed by atoms with Crippen LogP contribution in [-0.4, -0.2) is 17.6 Å². The lowest BCUT2D eigenvalue weighted by molar-refractivity contribution is 0.610. The second-order valence-corrected chi connectivity index (χ2v) is 14.9. The summed E-state index contributed by atoms with van der Waals surface area (Å²) in [5, 5.41) is 0.648. The predicted molar refractivity (Wildman–Crippen MR) is 60.7 cm³/mol. The summed E-state index contributed by atoms with van der Waals surface area (Å²) < 4.78 is 0.733. The fourth-order valence-electron chi connectivity index (χ4n) is 2.00. The van der Waals surface area contributed by atoms with Crippen LogP contribution in [0.5, 0.6) is 0 Å². The van der Waals surface area contributed by atoms with Crippen LogP contribution >= 0.6 is 0 Å². The molecule has 2 heteroatoms. The van der Waals surface area contributed by atoms with Crippen molar-refractivity contribution in [2.24, 2.45) is 0 Å². The van der Waals surface area contributed by atoms with Gasteiger partial charge in [0.15, 0.2) is 0 Å². The Bertz CT molecular complexity index is 179. The molecule has 1 rings (SSSR count). The van der Waals surface area contributed by atoms with Gasteiger partial charge >= 0.3 is 0 Å². The van der Waals surface area contributed by atoms with Crippen molar-refractivity contribution in [2.75, 3.05) is 0 Å². The van der Waals surface area contributed by atoms with Crippen LogP contribution in [0.4, 0.5) is 0 Å². The van der Waals surface area contributed by atoms with Crippen molar-refractivity contribution in [3.05, 3.63) is 0 Å². The molecule has 70 valence electrons. The zero-order valence-corrected chi connectivity index (χ0v) is 11.4. The van der Waals surface area contributed by atoms with Crippen LogP contribution in [0.3, 0.4) is 0 Å². The Balaban J connectivity index is 2.78. The minimum atomic E-state index is -0.925. The van der Waals surface area contributed by atoms with E-state index < -0.39 is 8.07 Å². The third kappa shape index (κ3) is 1.85. The van der Waals surface area contributed by atoms with Crippen LogP contribution in [0.25, 0.3) is 0 Å². The summed E-state index contributed by atoms with van der Waals surface area (Å²) in [6, 6.07) is 0. The van der Waals surface area contributed by atoms with Gasteiger partial charge in [-0.1, -0.05) is 53.3 Å². The molecule has 1 heterocycles. The van der Waals surface area contributed by atoms with Gasteiger partial charge in [0.1, 0.15) is 0 Å². The second kappa shape index (κ2) is 2.71. The van der Waals surface area contributed by atoms with E-state index in [1.807, 2.05) is 0 Å². The van der Waals surface area contributed by atoms with Gasteiger partial charge in [0, 0.05) is 17.6 Å². The van der Waals surface area contributed by atoms with Crippen LogP contribution in [0.1, 0.15) is 33.6 Å². The van der Waals surface area contributed by atoms with Gasteiger partial charge < -0.3 is 0 Å². The van der Waals surface area contributed by atoms with E-state index in [1.165, 1.54) is 22.4 Å². The van der Waals surface area contributed by atoms with E-state index in [0.717, 1.165) is 4.66 Å². The zero-order valence-electron chi connectivity index (χ0n) is 9.41. The molecule has 0 aromatic rings. The van der Waals surface area contributed by atoms with Crippen molar-refractivity contribution in [3.63, 3.8) is 0 Å². The smallest absolute Gasteiger partial charge is 0.0485 e. The van der Waals surface area contributed by atoms with Gasteiger partial charge in [-0.25, -0.2) is 0 Å². The van der Waals surface area contributed by atoms with Crippen molar-refractivity contribution in [3.8, 4) is 0 Å². The molecule has 0 N–H and O–H groups in total. The first-order valence-electron chi connectivity index (χ1n) is 4.96. The van der Waals surface area contributed by atoms with Gasteiger partial charge in [-0.15, -0.1) is 0 Å². The first kappa shape index (κ1) is 10.5. The zero-order chi connectivity index (χ0) is 9.62. The Hall–Kier alpha value is 0.434. The van der Waals surface area contributed by atoms with Gasteiger partial charge in [-0.2, -0.15) is 0 Å². The maximum atomic E-state index is 2.53. The predicted octanol–water partition coefficient (Wildman–Crippen LogP) is 3.74. The SMILES string of the molecule is CC1(C)CCC(C)([Si](C)(C)C)[Si]1. The highest BCUT2D eigenvalue weighted by Gasteiger charge is 2.48. The normalized spacial score (nSPS) is 35.5. The van der Waals surface area contributed by atoms with Crippen LogP contribution in [0, 0.1) is 0 Å². The lowest BCUT2D eigenvalue weighted by Gasteiger charge is -2.37. The fraction of sp³-hybridized carbons (Fsp3) is 1.00. The standard InChI is InChI=1S/C10H22Si2/c1-9(2)7-8-10(3,11-9)12(4,5)6/h7-8H2,1-6H3. The monoisotopic (exact) mass is 198 g/mol. The molecular weight excluding hydrogens is 176 g/mol. The molecule has 0 bridgehead atoms. The summed E-state index contributed by atoms with van der Waals surface area (Å²) in [7, 11) is 0.268. The van der Waals surface area contributed by atoms with Crippen molar-refractivity contribution in [1.82, 2.24) is 0 Å². The topological polar surface area (TPSA) is 0 Å². The molecule has 1 aliphatic heterocycles. The molecule has 1 aliphatic rings. The van der Waals surface area contributed by atoms with Crippen molar-refractivity contribution >= 4 is 17.6 Å². The Morgan fingerprint density at radius 1 is 1.00 bits per heavy atom. The molecule has 0 aromatic heterocycles. The number of hydrogen-bond donors (Lipinski definition) is 0. The lowest BCUT2D eigenvalue weighted by Crippen LogP contribution is -2.40. The van der Waals surface area contributed by atoms with Crippen LogP contribution in [0.2, 0.25) is 29.3 Å². The minimum absolute atomic E-state index is 0.648. The third-order valence-corrected chi connectivity index (χ3v) is 11.4. The van der Waals surface area contributed by atoms with Gasteiger partial charge in [0.2, 0.25) is 0 Å². The highest BCUT2D eigenvalue weighted by molar-refractivity contribution is 6.88. The number of hydrogen-bond acceptors (Lipinski definition) is 0. The Morgan fingerprint density at radius 2 is 1.50 bits per heavy atom. The minimum Gasteiger partial charge on any atom is -0.0694 e. The molecule has 0 aliphatic carbocycles. The second-order valence-electron chi connectivity index (χ2n) is 6.09. The van der Waals surface area contributed by atoms with Gasteiger partial charge in [-0.05, 0) is 9.70 Å². The van der Waals surface area contributed by atoms with Crippen LogP contribution in [-0.2, 0) is 0 Å². The number of rotatable bonds is 1. The summed E-state index contributed by atoms with van der Waals surface area (Å²) in [5.74, 6) is 0. The summed E-state index contributed by atoms with van der Waals surface area (Å²) in [5.41, 5.74) is 0. The summed E-state index contributed by atoms with van der Waals surface area (Å²) >= 11 is 0. The average Bonchev–Trinajstić information content (AvgIpc) is 2.05. The van der Waals surface area contributed by atoms with Crippen molar-refractivity contribution < 1.29 is 0 Å². The molecule has 0 spiro atoms. The maximum absolute atomic E-state index is 2.53. The van der Waals surface area contributed by atoms with E-state index in [2.05, 4.69) is 40.4 Å². The molecule has 0 amide bonds. The first-order chi connectivity index (χ1) is 5.16. The Morgan fingerprint density at radius 3 is 1.67 bits per heavy atom. The van der Waals surface area contributed by atoms with E-state index >= 15 is 0 Å². The highest BCUT2D eigenvalue weighted by atomic mass is 28.4. The fourth-order valence-corrected chi connectivity index (χ4v) is 7.38. The maximum Gasteiger partial charge on any atom is 0.0485 e. The Kier molecular flexibility index (Phi) is 2.37. The largest absolute Gasteiger partial charge is 0.0694 e. The molecule has 1 atom stereocenters. The van der Waals surface area contributed by atoms with Gasteiger partial charge in [0.05, 0.1) is 0 Å². The molecular formula is C10H22Si2. The summed E-state index contributed by atoms with van der Waals surface area (Å²) in [6.07, 6.45) is 2.93. The third-order valence-electron chi connectivity index (χ3n) is 3.52. The summed E-state index contributed by atoms with van der Waals surface area (Å²) in [6.45, 7) is 15.0. The quantitative estimate of drug-likeness (QED) is 0.563. The van der Waals surface area contributed by atoms with E-state index in [0.29, 0.717) is 5.04 Å². The van der Waals surface area contributed by atoms with E-state index in [4.69, 9.17) is 0 Å². The molecule has 2 radical (unpaired) electrons. The first-order valence-corrected chi connectivity index (χ1v) is 9.46. The van der Waals surface area contributed by atoms with E-state index in [9.17, 15) is 0 Å². The molecule has 0 aromatic carbocycles. The molecule has 0 saturated carbocycles. The Labute approximate surface area is 81.0 Å². The average molecular weight is 198 g/mol. The van der Waals surface area contributed by atoms with E-state index in [1.54, 1.807) is 0 Å². The lowest BCUT2D eigenvalue weighted by atomic mass is 10.1. The molecule has 0 nitrogen and oxygen atoms in total. The highest BCUT2D eigenvalue weighted by Crippen LogP contribution is 2.55. The van der Waals surface area contributed by atoms with Gasteiger partial charge in [-0.3, -0.25) is 0 Å². The van der Waals surface area contributed by atoms with Crippen molar-refractivity contribution in [1.29, 1.82) is 0 Å². The van der Waals surface area contributed by atoms with E-state index in [-0.39, 0.29) is 0 Å². The molecule has 12 heavy (non-hydrogen) atoms. The molecule has 1 unspecified atom stereocenters. The summed E-state index contributed by atoms with van der Waals surface area (Å²) in [4.78, 5) is 0. The van der Waals surface area contributed by atoms with Gasteiger partial charge in [0.25, 0.3) is 0 Å². The molecule has 1 fully saturated rings. The molecule has 1 saturated heterocycles. The van der Waals surface area contributed by atoms with Crippen molar-refractivity contribution in [2.45, 2.75) is 63.0 Å². The van der Waals surface area contributed by atoms with Crippen LogP contribution < -0.4 is 0 Å².